The Labute approximate surface area is 166 Å². The first-order chi connectivity index (χ1) is 13.4. The number of nitrogens with one attached hydrogen (secondary N) is 2. The van der Waals surface area contributed by atoms with E-state index in [0.29, 0.717) is 5.76 Å². The fraction of sp³-hybridized carbons (Fsp3) is 0.0526. The molecule has 2 N–H and O–H groups in total. The number of anilines is 1. The quantitative estimate of drug-likeness (QED) is 0.639. The highest BCUT2D eigenvalue weighted by Gasteiger charge is 2.19. The molecule has 0 spiro atoms. The van der Waals surface area contributed by atoms with E-state index in [1.165, 1.54) is 36.6 Å². The molecule has 2 aromatic carbocycles. The summed E-state index contributed by atoms with van der Waals surface area (Å²) in [5.74, 6) is 0.103. The molecule has 0 unspecified atom stereocenters. The summed E-state index contributed by atoms with van der Waals surface area (Å²) in [6.07, 6.45) is 1.49. The molecule has 1 amide bonds. The van der Waals surface area contributed by atoms with E-state index >= 15 is 0 Å². The number of carbonyl (C=O) groups excluding carboxylic acids is 1. The van der Waals surface area contributed by atoms with Crippen molar-refractivity contribution in [1.82, 2.24) is 5.32 Å². The second-order valence-electron chi connectivity index (χ2n) is 5.67. The van der Waals surface area contributed by atoms with Gasteiger partial charge >= 0.3 is 0 Å². The second-order valence-corrected chi connectivity index (χ2v) is 7.76. The molecule has 3 aromatic rings. The molecule has 142 valence electrons. The Morgan fingerprint density at radius 2 is 1.93 bits per heavy atom. The Balaban J connectivity index is 1.83. The molecule has 9 heteroatoms. The summed E-state index contributed by atoms with van der Waals surface area (Å²) >= 11 is 5.92. The van der Waals surface area contributed by atoms with E-state index in [4.69, 9.17) is 21.3 Å². The summed E-state index contributed by atoms with van der Waals surface area (Å²) in [6, 6.07) is 15.3. The molecule has 1 aromatic heterocycles. The highest BCUT2D eigenvalue weighted by atomic mass is 35.5. The van der Waals surface area contributed by atoms with Gasteiger partial charge in [0, 0.05) is 0 Å². The van der Waals surface area contributed by atoms with Gasteiger partial charge in [-0.15, -0.1) is 0 Å². The van der Waals surface area contributed by atoms with Crippen LogP contribution in [0.25, 0.3) is 0 Å². The molecular formula is C19H14ClN3O4S. The van der Waals surface area contributed by atoms with Crippen LogP contribution in [0.5, 0.6) is 0 Å². The van der Waals surface area contributed by atoms with E-state index in [0.717, 1.165) is 0 Å². The highest BCUT2D eigenvalue weighted by molar-refractivity contribution is 7.92. The molecule has 0 saturated carbocycles. The molecule has 0 fully saturated rings. The third-order valence-electron chi connectivity index (χ3n) is 3.79. The Kier molecular flexibility index (Phi) is 5.68. The average Bonchev–Trinajstić information content (AvgIpc) is 3.20. The van der Waals surface area contributed by atoms with Crippen LogP contribution in [0.1, 0.15) is 21.7 Å². The number of furan rings is 1. The van der Waals surface area contributed by atoms with Gasteiger partial charge in [0.15, 0.2) is 0 Å². The third kappa shape index (κ3) is 4.34. The van der Waals surface area contributed by atoms with Crippen LogP contribution >= 0.6 is 11.6 Å². The van der Waals surface area contributed by atoms with Crippen molar-refractivity contribution in [2.24, 2.45) is 0 Å². The minimum Gasteiger partial charge on any atom is -0.467 e. The Morgan fingerprint density at radius 3 is 2.61 bits per heavy atom. The molecule has 7 nitrogen and oxygen atoms in total. The smallest absolute Gasteiger partial charge is 0.261 e. The van der Waals surface area contributed by atoms with Crippen LogP contribution in [0.2, 0.25) is 5.02 Å². The lowest BCUT2D eigenvalue weighted by atomic mass is 10.1. The zero-order valence-corrected chi connectivity index (χ0v) is 15.9. The van der Waals surface area contributed by atoms with Crippen LogP contribution in [0, 0.1) is 11.3 Å². The molecular weight excluding hydrogens is 402 g/mol. The lowest BCUT2D eigenvalue weighted by Crippen LogP contribution is -2.24. The molecule has 28 heavy (non-hydrogen) atoms. The summed E-state index contributed by atoms with van der Waals surface area (Å²) in [7, 11) is -4.02. The SMILES string of the molecule is N#Cc1ccc(S(=O)(=O)Nc2ccccc2C(=O)NCc2ccco2)cc1Cl. The summed E-state index contributed by atoms with van der Waals surface area (Å²) in [5, 5.41) is 11.6. The maximum absolute atomic E-state index is 12.7. The molecule has 0 aliphatic carbocycles. The maximum atomic E-state index is 12.7. The number of hydrogen-bond acceptors (Lipinski definition) is 5. The van der Waals surface area contributed by atoms with Crippen molar-refractivity contribution >= 4 is 33.2 Å². The molecule has 0 bridgehead atoms. The van der Waals surface area contributed by atoms with Gasteiger partial charge < -0.3 is 9.73 Å². The van der Waals surface area contributed by atoms with Crippen molar-refractivity contribution in [2.75, 3.05) is 4.72 Å². The first-order valence-electron chi connectivity index (χ1n) is 8.03. The summed E-state index contributed by atoms with van der Waals surface area (Å²) in [6.45, 7) is 0.165. The number of benzene rings is 2. The number of nitrogens with zero attached hydrogens (tertiary/aromatic N) is 1. The standard InChI is InChI=1S/C19H14ClN3O4S/c20-17-10-15(8-7-13(17)11-21)28(25,26)23-18-6-2-1-5-16(18)19(24)22-12-14-4-3-9-27-14/h1-10,23H,12H2,(H,22,24). The Bertz CT molecular complexity index is 1150. The van der Waals surface area contributed by atoms with Crippen LogP contribution < -0.4 is 10.0 Å². The Hall–Kier alpha value is -3.28. The van der Waals surface area contributed by atoms with Crippen LogP contribution in [-0.4, -0.2) is 14.3 Å². The van der Waals surface area contributed by atoms with Gasteiger partial charge in [-0.05, 0) is 42.5 Å². The zero-order valence-electron chi connectivity index (χ0n) is 14.3. The summed E-state index contributed by atoms with van der Waals surface area (Å²) < 4.78 is 32.9. The van der Waals surface area contributed by atoms with Gasteiger partial charge in [0.1, 0.15) is 11.8 Å². The summed E-state index contributed by atoms with van der Waals surface area (Å²) in [4.78, 5) is 12.4. The molecule has 3 rings (SSSR count). The van der Waals surface area contributed by atoms with E-state index in [1.807, 2.05) is 6.07 Å². The van der Waals surface area contributed by atoms with Gasteiger partial charge in [0.05, 0.1) is 39.5 Å². The Morgan fingerprint density at radius 1 is 1.14 bits per heavy atom. The van der Waals surface area contributed by atoms with Gasteiger partial charge in [0.2, 0.25) is 0 Å². The molecule has 0 radical (unpaired) electrons. The van der Waals surface area contributed by atoms with Gasteiger partial charge in [0.25, 0.3) is 15.9 Å². The summed E-state index contributed by atoms with van der Waals surface area (Å²) in [5.41, 5.74) is 0.427. The lowest BCUT2D eigenvalue weighted by molar-refractivity contribution is 0.0949. The monoisotopic (exact) mass is 415 g/mol. The van der Waals surface area contributed by atoms with Crippen LogP contribution in [0.3, 0.4) is 0 Å². The number of para-hydroxylation sites is 1. The van der Waals surface area contributed by atoms with Gasteiger partial charge in [-0.3, -0.25) is 9.52 Å². The largest absolute Gasteiger partial charge is 0.467 e. The predicted molar refractivity (Wildman–Crippen MR) is 103 cm³/mol. The fourth-order valence-electron chi connectivity index (χ4n) is 2.40. The lowest BCUT2D eigenvalue weighted by Gasteiger charge is -2.13. The minimum atomic E-state index is -4.02. The molecule has 0 saturated heterocycles. The fourth-order valence-corrected chi connectivity index (χ4v) is 3.80. The van der Waals surface area contributed by atoms with E-state index in [2.05, 4.69) is 10.0 Å². The molecule has 0 atom stereocenters. The van der Waals surface area contributed by atoms with E-state index in [-0.39, 0.29) is 33.3 Å². The molecule has 0 aliphatic rings. The first kappa shape index (κ1) is 19.5. The number of amides is 1. The number of rotatable bonds is 6. The minimum absolute atomic E-state index is 0.0230. The average molecular weight is 416 g/mol. The van der Waals surface area contributed by atoms with Crippen LogP contribution in [-0.2, 0) is 16.6 Å². The van der Waals surface area contributed by atoms with Crippen LogP contribution in [0.15, 0.2) is 70.2 Å². The van der Waals surface area contributed by atoms with Crippen molar-refractivity contribution in [3.05, 3.63) is 82.8 Å². The van der Waals surface area contributed by atoms with E-state index in [1.54, 1.807) is 24.3 Å². The second kappa shape index (κ2) is 8.17. The predicted octanol–water partition coefficient (Wildman–Crippen LogP) is 3.54. The number of sulfonamides is 1. The van der Waals surface area contributed by atoms with Gasteiger partial charge in [-0.1, -0.05) is 23.7 Å². The zero-order chi connectivity index (χ0) is 20.1. The third-order valence-corrected chi connectivity index (χ3v) is 5.47. The number of carbonyl (C=O) groups is 1. The number of nitriles is 1. The van der Waals surface area contributed by atoms with Crippen molar-refractivity contribution < 1.29 is 17.6 Å². The molecule has 0 aliphatic heterocycles. The van der Waals surface area contributed by atoms with Gasteiger partial charge in [-0.25, -0.2) is 8.42 Å². The van der Waals surface area contributed by atoms with E-state index in [9.17, 15) is 13.2 Å². The highest BCUT2D eigenvalue weighted by Crippen LogP contribution is 2.24. The van der Waals surface area contributed by atoms with E-state index < -0.39 is 15.9 Å². The van der Waals surface area contributed by atoms with Crippen LogP contribution in [0.4, 0.5) is 5.69 Å². The van der Waals surface area contributed by atoms with Gasteiger partial charge in [-0.2, -0.15) is 5.26 Å². The maximum Gasteiger partial charge on any atom is 0.261 e. The first-order valence-corrected chi connectivity index (χ1v) is 9.89. The number of halogens is 1. The van der Waals surface area contributed by atoms with Crippen molar-refractivity contribution in [3.8, 4) is 6.07 Å². The van der Waals surface area contributed by atoms with Crippen molar-refractivity contribution in [2.45, 2.75) is 11.4 Å². The topological polar surface area (TPSA) is 112 Å². The van der Waals surface area contributed by atoms with Crippen molar-refractivity contribution in [1.29, 1.82) is 5.26 Å². The molecule has 1 heterocycles. The number of hydrogen-bond donors (Lipinski definition) is 2. The van der Waals surface area contributed by atoms with Crippen molar-refractivity contribution in [3.63, 3.8) is 0 Å². The normalized spacial score (nSPS) is 10.9.